The third-order valence-corrected chi connectivity index (χ3v) is 3.73. The molecule has 1 aromatic carbocycles. The van der Waals surface area contributed by atoms with Crippen molar-refractivity contribution in [2.24, 2.45) is 10.7 Å². The number of hydrogen-bond donors (Lipinski definition) is 5. The summed E-state index contributed by atoms with van der Waals surface area (Å²) in [4.78, 5) is 23.7. The van der Waals surface area contributed by atoms with Gasteiger partial charge in [0.25, 0.3) is 5.91 Å². The molecule has 1 heterocycles. The summed E-state index contributed by atoms with van der Waals surface area (Å²) in [5, 5.41) is 11.5. The number of phenolic OH excluding ortho intramolecular Hbond substituents is 1. The predicted molar refractivity (Wildman–Crippen MR) is 112 cm³/mol. The summed E-state index contributed by atoms with van der Waals surface area (Å²) in [7, 11) is 0. The van der Waals surface area contributed by atoms with Crippen LogP contribution in [-0.2, 0) is 6.42 Å². The first kappa shape index (κ1) is 23.0. The summed E-state index contributed by atoms with van der Waals surface area (Å²) >= 11 is 5.73. The molecule has 1 amide bonds. The molecule has 0 spiro atoms. The van der Waals surface area contributed by atoms with Crippen molar-refractivity contribution < 1.29 is 9.90 Å². The van der Waals surface area contributed by atoms with E-state index in [1.54, 1.807) is 12.1 Å². The number of aliphatic imine (C=N–C) groups is 1. The molecule has 152 valence electrons. The summed E-state index contributed by atoms with van der Waals surface area (Å²) in [6.07, 6.45) is 2.53. The van der Waals surface area contributed by atoms with E-state index in [0.717, 1.165) is 24.8 Å². The van der Waals surface area contributed by atoms with E-state index >= 15 is 0 Å². The number of aromatic hydroxyl groups is 1. The average Bonchev–Trinajstić information content (AvgIpc) is 2.67. The Morgan fingerprint density at radius 1 is 1.14 bits per heavy atom. The minimum Gasteiger partial charge on any atom is -0.508 e. The zero-order chi connectivity index (χ0) is 21.1. The van der Waals surface area contributed by atoms with E-state index in [2.05, 4.69) is 20.3 Å². The van der Waals surface area contributed by atoms with Gasteiger partial charge in [-0.25, -0.2) is 9.97 Å². The van der Waals surface area contributed by atoms with Gasteiger partial charge in [0.1, 0.15) is 5.75 Å². The molecule has 0 radical (unpaired) electrons. The van der Waals surface area contributed by atoms with E-state index < -0.39 is 5.91 Å². The summed E-state index contributed by atoms with van der Waals surface area (Å²) in [5.41, 5.74) is 17.7. The first-order valence-electron chi connectivity index (χ1n) is 8.84. The van der Waals surface area contributed by atoms with Crippen LogP contribution in [0.3, 0.4) is 0 Å². The highest BCUT2D eigenvalue weighted by molar-refractivity contribution is 6.31. The van der Waals surface area contributed by atoms with Crippen LogP contribution in [0.4, 0.5) is 11.6 Å². The first-order chi connectivity index (χ1) is 13.4. The lowest BCUT2D eigenvalue weighted by Crippen LogP contribution is -2.38. The lowest BCUT2D eigenvalue weighted by atomic mass is 10.1. The quantitative estimate of drug-likeness (QED) is 0.277. The second kappa shape index (κ2) is 11.6. The number of anilines is 2. The van der Waals surface area contributed by atoms with Crippen LogP contribution in [0.25, 0.3) is 0 Å². The molecule has 0 fully saturated rings. The smallest absolute Gasteiger partial charge is 0.280 e. The molecule has 2 aromatic rings. The first-order valence-corrected chi connectivity index (χ1v) is 9.22. The standard InChI is InChI=1S/C16H20ClN7O2.C2H6/c17-12-14(19)23-13(18)11(22-12)15(26)24-16(20)21-8-2-1-3-9-4-6-10(25)7-5-9;1-2/h4-7,25H,1-3,8H2,(H4,18,19,23)(H3,20,21,24,26);1-2H3. The van der Waals surface area contributed by atoms with Gasteiger partial charge in [-0.15, -0.1) is 0 Å². The largest absolute Gasteiger partial charge is 0.508 e. The maximum absolute atomic E-state index is 12.1. The molecule has 1 aromatic heterocycles. The number of phenols is 1. The fourth-order valence-corrected chi connectivity index (χ4v) is 2.25. The molecule has 9 nitrogen and oxygen atoms in total. The third-order valence-electron chi connectivity index (χ3n) is 3.45. The van der Waals surface area contributed by atoms with Crippen LogP contribution in [0.15, 0.2) is 29.3 Å². The number of nitrogens with two attached hydrogens (primary N) is 3. The Morgan fingerprint density at radius 2 is 1.79 bits per heavy atom. The molecule has 0 aliphatic carbocycles. The number of nitrogens with zero attached hydrogens (tertiary/aromatic N) is 3. The molecule has 0 bridgehead atoms. The summed E-state index contributed by atoms with van der Waals surface area (Å²) < 4.78 is 0. The molecule has 0 unspecified atom stereocenters. The van der Waals surface area contributed by atoms with Crippen LogP contribution in [-0.4, -0.2) is 33.5 Å². The van der Waals surface area contributed by atoms with Crippen molar-refractivity contribution in [3.63, 3.8) is 0 Å². The van der Waals surface area contributed by atoms with Crippen LogP contribution in [0.5, 0.6) is 5.75 Å². The highest BCUT2D eigenvalue weighted by Crippen LogP contribution is 2.17. The second-order valence-corrected chi connectivity index (χ2v) is 5.84. The Balaban J connectivity index is 0.00000190. The zero-order valence-corrected chi connectivity index (χ0v) is 16.7. The molecule has 0 saturated carbocycles. The number of nitrogen functional groups attached to an aromatic ring is 2. The number of guanidine groups is 1. The summed E-state index contributed by atoms with van der Waals surface area (Å²) in [5.74, 6) is -0.673. The maximum Gasteiger partial charge on any atom is 0.280 e. The van der Waals surface area contributed by atoms with E-state index in [1.807, 2.05) is 26.0 Å². The number of nitrogens with one attached hydrogen (secondary N) is 1. The van der Waals surface area contributed by atoms with E-state index in [-0.39, 0.29) is 34.2 Å². The van der Waals surface area contributed by atoms with Crippen LogP contribution >= 0.6 is 11.6 Å². The number of halogens is 1. The van der Waals surface area contributed by atoms with E-state index in [1.165, 1.54) is 0 Å². The number of benzene rings is 1. The van der Waals surface area contributed by atoms with E-state index in [0.29, 0.717) is 6.54 Å². The minimum absolute atomic E-state index is 0.0474. The number of carbonyl (C=O) groups excluding carboxylic acids is 1. The van der Waals surface area contributed by atoms with Crippen LogP contribution in [0.1, 0.15) is 42.7 Å². The number of carbonyl (C=O) groups is 1. The Kier molecular flexibility index (Phi) is 9.52. The Morgan fingerprint density at radius 3 is 2.43 bits per heavy atom. The van der Waals surface area contributed by atoms with Crippen LogP contribution in [0.2, 0.25) is 5.15 Å². The highest BCUT2D eigenvalue weighted by Gasteiger charge is 2.16. The Labute approximate surface area is 169 Å². The molecule has 28 heavy (non-hydrogen) atoms. The fourth-order valence-electron chi connectivity index (χ4n) is 2.13. The van der Waals surface area contributed by atoms with Gasteiger partial charge < -0.3 is 22.3 Å². The van der Waals surface area contributed by atoms with Crippen LogP contribution < -0.4 is 22.5 Å². The zero-order valence-electron chi connectivity index (χ0n) is 15.9. The number of unbranched alkanes of at least 4 members (excludes halogenated alkanes) is 1. The van der Waals surface area contributed by atoms with Crippen molar-refractivity contribution in [1.82, 2.24) is 15.3 Å². The minimum atomic E-state index is -0.665. The van der Waals surface area contributed by atoms with Gasteiger partial charge >= 0.3 is 0 Å². The molecule has 2 rings (SSSR count). The van der Waals surface area contributed by atoms with Crippen molar-refractivity contribution in [3.05, 3.63) is 40.7 Å². The fraction of sp³-hybridized carbons (Fsp3) is 0.333. The Bertz CT molecular complexity index is 810. The molecular formula is C18H26ClN7O2. The normalized spacial score (nSPS) is 10.8. The van der Waals surface area contributed by atoms with Crippen molar-refractivity contribution >= 4 is 35.1 Å². The van der Waals surface area contributed by atoms with Gasteiger partial charge in [-0.3, -0.25) is 15.1 Å². The van der Waals surface area contributed by atoms with Gasteiger partial charge in [0, 0.05) is 6.54 Å². The van der Waals surface area contributed by atoms with Crippen LogP contribution in [0, 0.1) is 0 Å². The lowest BCUT2D eigenvalue weighted by molar-refractivity contribution is 0.0972. The van der Waals surface area contributed by atoms with Gasteiger partial charge in [0.2, 0.25) is 0 Å². The second-order valence-electron chi connectivity index (χ2n) is 5.48. The third kappa shape index (κ3) is 7.28. The monoisotopic (exact) mass is 407 g/mol. The van der Waals surface area contributed by atoms with Crippen molar-refractivity contribution in [3.8, 4) is 5.75 Å². The molecule has 0 aliphatic rings. The number of aryl methyl sites for hydroxylation is 1. The van der Waals surface area contributed by atoms with Crippen molar-refractivity contribution in [2.45, 2.75) is 33.1 Å². The molecular weight excluding hydrogens is 382 g/mol. The molecule has 10 heteroatoms. The number of amides is 1. The van der Waals surface area contributed by atoms with Gasteiger partial charge in [-0.05, 0) is 37.0 Å². The highest BCUT2D eigenvalue weighted by atomic mass is 35.5. The molecule has 0 saturated heterocycles. The Hall–Kier alpha value is -3.07. The summed E-state index contributed by atoms with van der Waals surface area (Å²) in [6, 6.07) is 7.05. The predicted octanol–water partition coefficient (Wildman–Crippen LogP) is 2.09. The van der Waals surface area contributed by atoms with E-state index in [9.17, 15) is 9.90 Å². The lowest BCUT2D eigenvalue weighted by Gasteiger charge is -2.07. The van der Waals surface area contributed by atoms with Gasteiger partial charge in [0.05, 0.1) is 0 Å². The van der Waals surface area contributed by atoms with Gasteiger partial charge in [-0.2, -0.15) is 0 Å². The molecule has 0 atom stereocenters. The van der Waals surface area contributed by atoms with Crippen molar-refractivity contribution in [2.75, 3.05) is 18.0 Å². The van der Waals surface area contributed by atoms with Crippen molar-refractivity contribution in [1.29, 1.82) is 0 Å². The molecule has 0 aliphatic heterocycles. The number of hydrogen-bond acceptors (Lipinski definition) is 7. The van der Waals surface area contributed by atoms with Gasteiger partial charge in [0.15, 0.2) is 28.4 Å². The SMILES string of the molecule is CC.NC(=NCCCCc1ccc(O)cc1)NC(=O)c1nc(Cl)c(N)nc1N. The maximum atomic E-state index is 12.1. The van der Waals surface area contributed by atoms with Gasteiger partial charge in [-0.1, -0.05) is 37.6 Å². The number of rotatable bonds is 6. The number of aromatic nitrogens is 2. The van der Waals surface area contributed by atoms with E-state index in [4.69, 9.17) is 28.8 Å². The topological polar surface area (TPSA) is 166 Å². The summed E-state index contributed by atoms with van der Waals surface area (Å²) in [6.45, 7) is 4.45. The molecule has 8 N–H and O–H groups in total. The average molecular weight is 408 g/mol.